The van der Waals surface area contributed by atoms with Crippen LogP contribution >= 0.6 is 11.9 Å². The first-order valence-corrected chi connectivity index (χ1v) is 7.68. The lowest BCUT2D eigenvalue weighted by atomic mass is 10.4. The van der Waals surface area contributed by atoms with Crippen molar-refractivity contribution in [2.45, 2.75) is 31.5 Å². The molecule has 0 aromatic carbocycles. The lowest BCUT2D eigenvalue weighted by Gasteiger charge is -2.26. The summed E-state index contributed by atoms with van der Waals surface area (Å²) in [6.07, 6.45) is 4.61. The van der Waals surface area contributed by atoms with E-state index < -0.39 is 0 Å². The number of hydrogen-bond donors (Lipinski definition) is 1. The summed E-state index contributed by atoms with van der Waals surface area (Å²) in [6, 6.07) is 1.90. The third kappa shape index (κ3) is 2.76. The van der Waals surface area contributed by atoms with Crippen molar-refractivity contribution in [2.75, 3.05) is 13.2 Å². The van der Waals surface area contributed by atoms with Crippen LogP contribution in [0.4, 0.5) is 0 Å². The molecule has 21 heavy (non-hydrogen) atoms. The van der Waals surface area contributed by atoms with Crippen LogP contribution in [0.5, 0.6) is 0 Å². The lowest BCUT2D eigenvalue weighted by molar-refractivity contribution is 0.111. The van der Waals surface area contributed by atoms with Gasteiger partial charge in [0, 0.05) is 36.4 Å². The molecule has 1 aliphatic rings. The maximum Gasteiger partial charge on any atom is 0.166 e. The summed E-state index contributed by atoms with van der Waals surface area (Å²) in [4.78, 5) is 16.4. The van der Waals surface area contributed by atoms with E-state index in [1.54, 1.807) is 11.9 Å². The molecule has 0 unspecified atom stereocenters. The highest BCUT2D eigenvalue weighted by molar-refractivity contribution is 7.97. The van der Waals surface area contributed by atoms with Crippen molar-refractivity contribution in [1.29, 1.82) is 0 Å². The third-order valence-electron chi connectivity index (χ3n) is 3.75. The van der Waals surface area contributed by atoms with E-state index in [9.17, 15) is 4.79 Å². The Balaban J connectivity index is 1.78. The molecule has 1 aliphatic heterocycles. The van der Waals surface area contributed by atoms with Crippen LogP contribution in [0.3, 0.4) is 0 Å². The van der Waals surface area contributed by atoms with E-state index in [4.69, 9.17) is 5.11 Å². The molecular formula is C14H18N4O2S. The fourth-order valence-electron chi connectivity index (χ4n) is 2.61. The zero-order chi connectivity index (χ0) is 14.8. The molecule has 0 spiro atoms. The molecule has 1 N–H and O–H groups in total. The number of aliphatic hydroxyl groups is 1. The van der Waals surface area contributed by atoms with Gasteiger partial charge in [0.1, 0.15) is 0 Å². The second-order valence-electron chi connectivity index (χ2n) is 5.05. The molecule has 112 valence electrons. The van der Waals surface area contributed by atoms with Crippen LogP contribution in [0.15, 0.2) is 23.5 Å². The molecule has 0 amide bonds. The largest absolute Gasteiger partial charge is 0.395 e. The normalized spacial score (nSPS) is 15.1. The Kier molecular flexibility index (Phi) is 4.14. The SMILES string of the molecule is Cc1c(SN2CCn3cncc3C2)cc(C=O)n1CCO. The fraction of sp³-hybridized carbons (Fsp3) is 0.429. The third-order valence-corrected chi connectivity index (χ3v) is 4.93. The Labute approximate surface area is 127 Å². The molecule has 6 nitrogen and oxygen atoms in total. The van der Waals surface area contributed by atoms with Gasteiger partial charge in [-0.15, -0.1) is 0 Å². The van der Waals surface area contributed by atoms with Crippen LogP contribution in [0, 0.1) is 6.92 Å². The number of imidazole rings is 1. The molecule has 0 fully saturated rings. The number of carbonyl (C=O) groups is 1. The van der Waals surface area contributed by atoms with Crippen molar-refractivity contribution in [3.05, 3.63) is 35.7 Å². The second-order valence-corrected chi connectivity index (χ2v) is 6.18. The van der Waals surface area contributed by atoms with Crippen molar-refractivity contribution in [3.63, 3.8) is 0 Å². The topological polar surface area (TPSA) is 63.3 Å². The summed E-state index contributed by atoms with van der Waals surface area (Å²) in [5.41, 5.74) is 2.85. The molecule has 0 atom stereocenters. The van der Waals surface area contributed by atoms with Crippen LogP contribution < -0.4 is 0 Å². The minimum atomic E-state index is 0.0311. The summed E-state index contributed by atoms with van der Waals surface area (Å²) in [7, 11) is 0. The molecule has 3 rings (SSSR count). The number of carbonyl (C=O) groups excluding carboxylic acids is 1. The van der Waals surface area contributed by atoms with E-state index in [2.05, 4.69) is 13.9 Å². The Hall–Kier alpha value is -1.57. The van der Waals surface area contributed by atoms with Gasteiger partial charge < -0.3 is 14.2 Å². The maximum absolute atomic E-state index is 11.2. The molecular weight excluding hydrogens is 288 g/mol. The summed E-state index contributed by atoms with van der Waals surface area (Å²) in [6.45, 7) is 5.18. The predicted octanol–water partition coefficient (Wildman–Crippen LogP) is 1.32. The lowest BCUT2D eigenvalue weighted by Crippen LogP contribution is -2.27. The average Bonchev–Trinajstić information content (AvgIpc) is 3.06. The van der Waals surface area contributed by atoms with E-state index in [-0.39, 0.29) is 6.61 Å². The molecule has 0 saturated carbocycles. The zero-order valence-electron chi connectivity index (χ0n) is 11.9. The second kappa shape index (κ2) is 6.05. The first-order chi connectivity index (χ1) is 10.2. The minimum absolute atomic E-state index is 0.0311. The quantitative estimate of drug-likeness (QED) is 0.667. The predicted molar refractivity (Wildman–Crippen MR) is 80.1 cm³/mol. The van der Waals surface area contributed by atoms with E-state index in [0.717, 1.165) is 36.5 Å². The Bertz CT molecular complexity index is 649. The average molecular weight is 306 g/mol. The Morgan fingerprint density at radius 2 is 2.33 bits per heavy atom. The van der Waals surface area contributed by atoms with E-state index >= 15 is 0 Å². The monoisotopic (exact) mass is 306 g/mol. The standard InChI is InChI=1S/C14H18N4O2S/c1-11-14(6-12(9-20)18(11)4-5-19)21-17-3-2-16-10-15-7-13(16)8-17/h6-7,9-10,19H,2-5,8H2,1H3. The summed E-state index contributed by atoms with van der Waals surface area (Å²) >= 11 is 1.67. The van der Waals surface area contributed by atoms with Gasteiger partial charge >= 0.3 is 0 Å². The van der Waals surface area contributed by atoms with Gasteiger partial charge in [0.05, 0.1) is 30.9 Å². The van der Waals surface area contributed by atoms with Gasteiger partial charge in [0.25, 0.3) is 0 Å². The van der Waals surface area contributed by atoms with Crippen LogP contribution in [0.25, 0.3) is 0 Å². The number of rotatable bonds is 5. The maximum atomic E-state index is 11.2. The van der Waals surface area contributed by atoms with Crippen molar-refractivity contribution < 1.29 is 9.90 Å². The molecule has 2 aromatic rings. The Morgan fingerprint density at radius 3 is 3.10 bits per heavy atom. The molecule has 0 aliphatic carbocycles. The van der Waals surface area contributed by atoms with E-state index in [0.29, 0.717) is 12.2 Å². The highest BCUT2D eigenvalue weighted by Gasteiger charge is 2.19. The highest BCUT2D eigenvalue weighted by atomic mass is 32.2. The molecule has 0 radical (unpaired) electrons. The molecule has 0 bridgehead atoms. The summed E-state index contributed by atoms with van der Waals surface area (Å²) in [5, 5.41) is 9.12. The summed E-state index contributed by atoms with van der Waals surface area (Å²) in [5.74, 6) is 0. The molecule has 2 aromatic heterocycles. The number of aliphatic hydroxyl groups excluding tert-OH is 1. The van der Waals surface area contributed by atoms with Crippen molar-refractivity contribution >= 4 is 18.2 Å². The number of aldehydes is 1. The van der Waals surface area contributed by atoms with Gasteiger partial charge in [0.15, 0.2) is 6.29 Å². The van der Waals surface area contributed by atoms with Crippen LogP contribution in [0.2, 0.25) is 0 Å². The van der Waals surface area contributed by atoms with Gasteiger partial charge in [-0.1, -0.05) is 0 Å². The number of aromatic nitrogens is 3. The first-order valence-electron chi connectivity index (χ1n) is 6.91. The molecule has 7 heteroatoms. The van der Waals surface area contributed by atoms with Gasteiger partial charge in [0.2, 0.25) is 0 Å². The van der Waals surface area contributed by atoms with E-state index in [1.807, 2.05) is 30.1 Å². The van der Waals surface area contributed by atoms with Crippen LogP contribution in [-0.2, 0) is 19.6 Å². The number of nitrogens with zero attached hydrogens (tertiary/aromatic N) is 4. The molecule has 3 heterocycles. The highest BCUT2D eigenvalue weighted by Crippen LogP contribution is 2.31. The van der Waals surface area contributed by atoms with E-state index in [1.165, 1.54) is 5.69 Å². The van der Waals surface area contributed by atoms with Crippen molar-refractivity contribution in [3.8, 4) is 0 Å². The number of hydrogen-bond acceptors (Lipinski definition) is 5. The van der Waals surface area contributed by atoms with Crippen LogP contribution in [-0.4, -0.2) is 43.0 Å². The minimum Gasteiger partial charge on any atom is -0.395 e. The number of fused-ring (bicyclic) bond motifs is 1. The fourth-order valence-corrected chi connectivity index (χ4v) is 3.67. The van der Waals surface area contributed by atoms with Gasteiger partial charge in [-0.05, 0) is 24.9 Å². The summed E-state index contributed by atoms with van der Waals surface area (Å²) < 4.78 is 6.30. The van der Waals surface area contributed by atoms with Gasteiger partial charge in [-0.25, -0.2) is 9.29 Å². The first kappa shape index (κ1) is 14.4. The van der Waals surface area contributed by atoms with Gasteiger partial charge in [-0.3, -0.25) is 4.79 Å². The zero-order valence-corrected chi connectivity index (χ0v) is 12.7. The molecule has 0 saturated heterocycles. The van der Waals surface area contributed by atoms with Crippen molar-refractivity contribution in [1.82, 2.24) is 18.4 Å². The van der Waals surface area contributed by atoms with Crippen LogP contribution in [0.1, 0.15) is 21.9 Å². The Morgan fingerprint density at radius 1 is 1.48 bits per heavy atom. The smallest absolute Gasteiger partial charge is 0.166 e. The van der Waals surface area contributed by atoms with Crippen molar-refractivity contribution in [2.24, 2.45) is 0 Å². The van der Waals surface area contributed by atoms with Gasteiger partial charge in [-0.2, -0.15) is 0 Å².